The summed E-state index contributed by atoms with van der Waals surface area (Å²) in [7, 11) is 0. The van der Waals surface area contributed by atoms with Crippen LogP contribution in [-0.2, 0) is 16.1 Å². The van der Waals surface area contributed by atoms with Crippen LogP contribution >= 0.6 is 0 Å². The maximum absolute atomic E-state index is 12.8. The van der Waals surface area contributed by atoms with Crippen molar-refractivity contribution in [2.75, 3.05) is 19.6 Å². The summed E-state index contributed by atoms with van der Waals surface area (Å²) in [4.78, 5) is 39.4. The van der Waals surface area contributed by atoms with E-state index in [4.69, 9.17) is 0 Å². The van der Waals surface area contributed by atoms with Gasteiger partial charge in [-0.25, -0.2) is 4.79 Å². The van der Waals surface area contributed by atoms with Crippen molar-refractivity contribution in [3.05, 3.63) is 35.9 Å². The van der Waals surface area contributed by atoms with Gasteiger partial charge in [-0.2, -0.15) is 0 Å². The molecule has 1 heterocycles. The predicted molar refractivity (Wildman–Crippen MR) is 118 cm³/mol. The maximum Gasteiger partial charge on any atom is 0.318 e. The first-order valence-electron chi connectivity index (χ1n) is 11.7. The minimum atomic E-state index is -0.232. The zero-order chi connectivity index (χ0) is 21.6. The lowest BCUT2D eigenvalue weighted by Gasteiger charge is -2.24. The molecule has 0 bridgehead atoms. The van der Waals surface area contributed by atoms with Crippen LogP contribution in [0.2, 0.25) is 0 Å². The number of carbonyl (C=O) groups is 3. The number of nitrogens with zero attached hydrogens (tertiary/aromatic N) is 1. The minimum absolute atomic E-state index is 0.0372. The number of carbonyl (C=O) groups excluding carboxylic acids is 3. The van der Waals surface area contributed by atoms with Crippen molar-refractivity contribution in [3.8, 4) is 0 Å². The van der Waals surface area contributed by atoms with Gasteiger partial charge < -0.3 is 20.9 Å². The summed E-state index contributed by atoms with van der Waals surface area (Å²) in [6.45, 7) is 1.76. The quantitative estimate of drug-likeness (QED) is 0.675. The standard InChI is InChI=1S/C24H34N4O3/c29-22-16-28(24(31)26-14-18-9-5-2-6-10-18)15-20-11-19(12-21(20)27-22)23(30)25-13-17-7-3-1-4-8-17/h2,5-6,9-10,17,19-21H,1,3-4,7-8,11-16H2,(H,25,30)(H,26,31)(H,27,29)/t19-,20+,21+/m0/s1. The molecule has 0 aromatic heterocycles. The highest BCUT2D eigenvalue weighted by atomic mass is 16.2. The van der Waals surface area contributed by atoms with Crippen LogP contribution in [0, 0.1) is 17.8 Å². The molecule has 0 unspecified atom stereocenters. The fourth-order valence-electron chi connectivity index (χ4n) is 5.31. The van der Waals surface area contributed by atoms with Crippen LogP contribution in [0.15, 0.2) is 30.3 Å². The Bertz CT molecular complexity index is 778. The van der Waals surface area contributed by atoms with Crippen LogP contribution in [0.25, 0.3) is 0 Å². The third kappa shape index (κ3) is 5.77. The Labute approximate surface area is 184 Å². The summed E-state index contributed by atoms with van der Waals surface area (Å²) < 4.78 is 0. The lowest BCUT2D eigenvalue weighted by atomic mass is 9.89. The summed E-state index contributed by atoms with van der Waals surface area (Å²) in [5.74, 6) is 0.581. The Morgan fingerprint density at radius 1 is 1.03 bits per heavy atom. The van der Waals surface area contributed by atoms with Gasteiger partial charge in [-0.3, -0.25) is 9.59 Å². The summed E-state index contributed by atoms with van der Waals surface area (Å²) >= 11 is 0. The Kier molecular flexibility index (Phi) is 7.10. The Balaban J connectivity index is 1.29. The van der Waals surface area contributed by atoms with E-state index in [0.717, 1.165) is 12.1 Å². The molecule has 31 heavy (non-hydrogen) atoms. The molecule has 0 radical (unpaired) electrons. The molecule has 7 heteroatoms. The van der Waals surface area contributed by atoms with Crippen LogP contribution < -0.4 is 16.0 Å². The van der Waals surface area contributed by atoms with Gasteiger partial charge in [-0.1, -0.05) is 49.6 Å². The van der Waals surface area contributed by atoms with E-state index in [1.54, 1.807) is 4.90 Å². The van der Waals surface area contributed by atoms with Gasteiger partial charge in [0.05, 0.1) is 0 Å². The van der Waals surface area contributed by atoms with Crippen molar-refractivity contribution in [2.45, 2.75) is 57.5 Å². The molecule has 168 valence electrons. The number of urea groups is 1. The second-order valence-corrected chi connectivity index (χ2v) is 9.38. The summed E-state index contributed by atoms with van der Waals surface area (Å²) in [6, 6.07) is 9.45. The number of benzene rings is 1. The number of rotatable bonds is 5. The number of amides is 4. The monoisotopic (exact) mass is 426 g/mol. The number of nitrogens with one attached hydrogen (secondary N) is 3. The Morgan fingerprint density at radius 2 is 1.81 bits per heavy atom. The molecule has 2 saturated carbocycles. The van der Waals surface area contributed by atoms with Gasteiger partial charge in [0.25, 0.3) is 0 Å². The summed E-state index contributed by atoms with van der Waals surface area (Å²) in [6.07, 6.45) is 7.63. The number of hydrogen-bond acceptors (Lipinski definition) is 3. The Hall–Kier alpha value is -2.57. The number of hydrogen-bond donors (Lipinski definition) is 3. The first-order chi connectivity index (χ1) is 15.1. The normalized spacial score (nSPS) is 26.5. The SMILES string of the molecule is O=C1CN(C(=O)NCc2ccccc2)C[C@H]2C[C@H](C(=O)NCC3CCCCC3)C[C@H]2N1. The molecule has 1 saturated heterocycles. The predicted octanol–water partition coefficient (Wildman–Crippen LogP) is 2.42. The summed E-state index contributed by atoms with van der Waals surface area (Å²) in [5.41, 5.74) is 1.02. The van der Waals surface area contributed by atoms with E-state index in [1.165, 1.54) is 32.1 Å². The minimum Gasteiger partial charge on any atom is -0.356 e. The van der Waals surface area contributed by atoms with Crippen molar-refractivity contribution in [1.82, 2.24) is 20.9 Å². The first kappa shape index (κ1) is 21.7. The van der Waals surface area contributed by atoms with Crippen molar-refractivity contribution in [2.24, 2.45) is 17.8 Å². The topological polar surface area (TPSA) is 90.5 Å². The third-order valence-electron chi connectivity index (χ3n) is 7.06. The van der Waals surface area contributed by atoms with Gasteiger partial charge in [-0.15, -0.1) is 0 Å². The largest absolute Gasteiger partial charge is 0.356 e. The van der Waals surface area contributed by atoms with Crippen molar-refractivity contribution < 1.29 is 14.4 Å². The van der Waals surface area contributed by atoms with Gasteiger partial charge in [-0.05, 0) is 43.1 Å². The van der Waals surface area contributed by atoms with E-state index in [-0.39, 0.29) is 42.3 Å². The van der Waals surface area contributed by atoms with Crippen LogP contribution in [0.3, 0.4) is 0 Å². The van der Waals surface area contributed by atoms with Crippen molar-refractivity contribution >= 4 is 17.8 Å². The molecule has 3 atom stereocenters. The van der Waals surface area contributed by atoms with Gasteiger partial charge in [0, 0.05) is 31.6 Å². The highest BCUT2D eigenvalue weighted by Gasteiger charge is 2.42. The van der Waals surface area contributed by atoms with Crippen LogP contribution in [-0.4, -0.2) is 48.4 Å². The van der Waals surface area contributed by atoms with E-state index in [0.29, 0.717) is 31.8 Å². The lowest BCUT2D eigenvalue weighted by molar-refractivity contribution is -0.126. The highest BCUT2D eigenvalue weighted by Crippen LogP contribution is 2.33. The number of fused-ring (bicyclic) bond motifs is 1. The van der Waals surface area contributed by atoms with Gasteiger partial charge in [0.2, 0.25) is 11.8 Å². The second kappa shape index (κ2) is 10.2. The van der Waals surface area contributed by atoms with Crippen LogP contribution in [0.5, 0.6) is 0 Å². The fraction of sp³-hybridized carbons (Fsp3) is 0.625. The van der Waals surface area contributed by atoms with E-state index in [1.807, 2.05) is 30.3 Å². The molecule has 7 nitrogen and oxygen atoms in total. The lowest BCUT2D eigenvalue weighted by Crippen LogP contribution is -2.44. The zero-order valence-corrected chi connectivity index (χ0v) is 18.1. The summed E-state index contributed by atoms with van der Waals surface area (Å²) in [5, 5.41) is 9.12. The molecular weight excluding hydrogens is 392 g/mol. The van der Waals surface area contributed by atoms with E-state index in [9.17, 15) is 14.4 Å². The molecule has 4 amide bonds. The van der Waals surface area contributed by atoms with E-state index < -0.39 is 0 Å². The smallest absolute Gasteiger partial charge is 0.318 e. The molecule has 1 aromatic rings. The van der Waals surface area contributed by atoms with Gasteiger partial charge >= 0.3 is 6.03 Å². The molecular formula is C24H34N4O3. The molecule has 1 aromatic carbocycles. The van der Waals surface area contributed by atoms with Crippen LogP contribution in [0.1, 0.15) is 50.5 Å². The molecule has 3 N–H and O–H groups in total. The molecule has 3 aliphatic rings. The highest BCUT2D eigenvalue weighted by molar-refractivity contribution is 5.85. The molecule has 1 aliphatic heterocycles. The second-order valence-electron chi connectivity index (χ2n) is 9.38. The molecule has 4 rings (SSSR count). The molecule has 2 aliphatic carbocycles. The molecule has 0 spiro atoms. The van der Waals surface area contributed by atoms with Crippen molar-refractivity contribution in [1.29, 1.82) is 0 Å². The van der Waals surface area contributed by atoms with Gasteiger partial charge in [0.1, 0.15) is 6.54 Å². The molecule has 3 fully saturated rings. The third-order valence-corrected chi connectivity index (χ3v) is 7.06. The van der Waals surface area contributed by atoms with Gasteiger partial charge in [0.15, 0.2) is 0 Å². The first-order valence-corrected chi connectivity index (χ1v) is 11.7. The Morgan fingerprint density at radius 3 is 2.58 bits per heavy atom. The zero-order valence-electron chi connectivity index (χ0n) is 18.1. The average molecular weight is 427 g/mol. The van der Waals surface area contributed by atoms with E-state index in [2.05, 4.69) is 16.0 Å². The van der Waals surface area contributed by atoms with Crippen molar-refractivity contribution in [3.63, 3.8) is 0 Å². The van der Waals surface area contributed by atoms with Crippen LogP contribution in [0.4, 0.5) is 4.79 Å². The maximum atomic E-state index is 12.8. The average Bonchev–Trinajstić information content (AvgIpc) is 3.11. The fourth-order valence-corrected chi connectivity index (χ4v) is 5.31. The van der Waals surface area contributed by atoms with E-state index >= 15 is 0 Å².